The molecule has 0 spiro atoms. The van der Waals surface area contributed by atoms with Crippen molar-refractivity contribution in [2.45, 2.75) is 51.6 Å². The molecule has 0 aromatic carbocycles. The molecule has 5 heteroatoms. The van der Waals surface area contributed by atoms with Crippen molar-refractivity contribution in [3.8, 4) is 0 Å². The standard InChI is InChI=1S/C16H30NO4/c1-5-10-20-15(18)11-14(12-17(2,3)4)21-16(19)13-8-6-7-9-13/h13-14H,5-12H2,1-4H3/q+1/t14-/m1/s1. The van der Waals surface area contributed by atoms with Gasteiger partial charge in [-0.3, -0.25) is 9.59 Å². The van der Waals surface area contributed by atoms with Crippen molar-refractivity contribution < 1.29 is 23.5 Å². The van der Waals surface area contributed by atoms with E-state index < -0.39 is 6.10 Å². The molecule has 0 N–H and O–H groups in total. The van der Waals surface area contributed by atoms with Crippen LogP contribution in [0.1, 0.15) is 45.4 Å². The number of likely N-dealkylation sites (N-methyl/N-ethyl adjacent to an activating group) is 1. The van der Waals surface area contributed by atoms with Crippen molar-refractivity contribution >= 4 is 11.9 Å². The molecule has 1 aliphatic carbocycles. The second kappa shape index (κ2) is 8.37. The summed E-state index contributed by atoms with van der Waals surface area (Å²) in [5.74, 6) is -0.407. The van der Waals surface area contributed by atoms with Crippen LogP contribution in [0.4, 0.5) is 0 Å². The van der Waals surface area contributed by atoms with Crippen LogP contribution in [0, 0.1) is 5.92 Å². The third-order valence-corrected chi connectivity index (χ3v) is 3.58. The second-order valence-corrected chi connectivity index (χ2v) is 6.94. The van der Waals surface area contributed by atoms with E-state index in [4.69, 9.17) is 9.47 Å². The Morgan fingerprint density at radius 2 is 1.81 bits per heavy atom. The van der Waals surface area contributed by atoms with Gasteiger partial charge >= 0.3 is 11.9 Å². The van der Waals surface area contributed by atoms with Gasteiger partial charge in [0, 0.05) is 0 Å². The van der Waals surface area contributed by atoms with Gasteiger partial charge in [-0.25, -0.2) is 0 Å². The highest BCUT2D eigenvalue weighted by Gasteiger charge is 2.30. The van der Waals surface area contributed by atoms with Crippen molar-refractivity contribution in [2.24, 2.45) is 5.92 Å². The molecule has 0 aromatic rings. The Labute approximate surface area is 128 Å². The van der Waals surface area contributed by atoms with Crippen molar-refractivity contribution in [3.63, 3.8) is 0 Å². The van der Waals surface area contributed by atoms with Gasteiger partial charge in [-0.05, 0) is 19.3 Å². The highest BCUT2D eigenvalue weighted by Crippen LogP contribution is 2.26. The third kappa shape index (κ3) is 7.46. The fourth-order valence-electron chi connectivity index (χ4n) is 2.64. The van der Waals surface area contributed by atoms with Gasteiger partial charge in [-0.2, -0.15) is 0 Å². The molecule has 0 aromatic heterocycles. The van der Waals surface area contributed by atoms with Crippen LogP contribution in [-0.4, -0.2) is 56.8 Å². The fourth-order valence-corrected chi connectivity index (χ4v) is 2.64. The van der Waals surface area contributed by atoms with Crippen LogP contribution in [0.5, 0.6) is 0 Å². The molecular formula is C16H30NO4+. The van der Waals surface area contributed by atoms with E-state index in [1.807, 2.05) is 28.1 Å². The molecule has 0 heterocycles. The first-order chi connectivity index (χ1) is 9.81. The van der Waals surface area contributed by atoms with E-state index in [0.717, 1.165) is 32.1 Å². The van der Waals surface area contributed by atoms with Crippen LogP contribution in [0.3, 0.4) is 0 Å². The van der Waals surface area contributed by atoms with Gasteiger partial charge in [-0.1, -0.05) is 19.8 Å². The zero-order chi connectivity index (χ0) is 15.9. The Balaban J connectivity index is 2.54. The molecule has 5 nitrogen and oxygen atoms in total. The van der Waals surface area contributed by atoms with E-state index in [9.17, 15) is 9.59 Å². The fraction of sp³-hybridized carbons (Fsp3) is 0.875. The molecule has 0 unspecified atom stereocenters. The number of ether oxygens (including phenoxy) is 2. The summed E-state index contributed by atoms with van der Waals surface area (Å²) in [4.78, 5) is 23.9. The average Bonchev–Trinajstić information content (AvgIpc) is 2.87. The number of hydrogen-bond donors (Lipinski definition) is 0. The number of hydrogen-bond acceptors (Lipinski definition) is 4. The van der Waals surface area contributed by atoms with E-state index in [-0.39, 0.29) is 24.3 Å². The smallest absolute Gasteiger partial charge is 0.309 e. The molecular weight excluding hydrogens is 270 g/mol. The number of carbonyl (C=O) groups excluding carboxylic acids is 2. The minimum absolute atomic E-state index is 0.0200. The summed E-state index contributed by atoms with van der Waals surface area (Å²) < 4.78 is 11.4. The average molecular weight is 300 g/mol. The first kappa shape index (κ1) is 18.0. The Morgan fingerprint density at radius 1 is 1.19 bits per heavy atom. The van der Waals surface area contributed by atoms with Crippen molar-refractivity contribution in [1.29, 1.82) is 0 Å². The maximum atomic E-state index is 12.2. The van der Waals surface area contributed by atoms with Gasteiger partial charge in [0.05, 0.1) is 40.1 Å². The number of esters is 2. The van der Waals surface area contributed by atoms with Crippen LogP contribution >= 0.6 is 0 Å². The molecule has 21 heavy (non-hydrogen) atoms. The largest absolute Gasteiger partial charge is 0.466 e. The van der Waals surface area contributed by atoms with E-state index in [0.29, 0.717) is 17.6 Å². The number of quaternary nitrogens is 1. The molecule has 1 atom stereocenters. The minimum Gasteiger partial charge on any atom is -0.466 e. The van der Waals surface area contributed by atoms with Crippen LogP contribution < -0.4 is 0 Å². The van der Waals surface area contributed by atoms with Crippen LogP contribution in [0.15, 0.2) is 0 Å². The normalized spacial score (nSPS) is 17.5. The molecule has 0 aliphatic heterocycles. The van der Waals surface area contributed by atoms with Gasteiger partial charge in [0.25, 0.3) is 0 Å². The van der Waals surface area contributed by atoms with Crippen molar-refractivity contribution in [2.75, 3.05) is 34.3 Å². The van der Waals surface area contributed by atoms with Crippen LogP contribution in [0.25, 0.3) is 0 Å². The van der Waals surface area contributed by atoms with Gasteiger partial charge < -0.3 is 14.0 Å². The summed E-state index contributed by atoms with van der Waals surface area (Å²) >= 11 is 0. The molecule has 0 radical (unpaired) electrons. The predicted octanol–water partition coefficient (Wildman–Crippen LogP) is 2.14. The molecule has 122 valence electrons. The van der Waals surface area contributed by atoms with E-state index in [2.05, 4.69) is 0 Å². The molecule has 1 fully saturated rings. The molecule has 1 aliphatic rings. The highest BCUT2D eigenvalue weighted by atomic mass is 16.6. The molecule has 1 rings (SSSR count). The summed E-state index contributed by atoms with van der Waals surface area (Å²) in [5, 5.41) is 0. The zero-order valence-electron chi connectivity index (χ0n) is 13.9. The number of rotatable bonds is 8. The topological polar surface area (TPSA) is 52.6 Å². The molecule has 1 saturated carbocycles. The molecule has 0 bridgehead atoms. The third-order valence-electron chi connectivity index (χ3n) is 3.58. The lowest BCUT2D eigenvalue weighted by atomic mass is 10.1. The first-order valence-corrected chi connectivity index (χ1v) is 7.98. The summed E-state index contributed by atoms with van der Waals surface area (Å²) in [7, 11) is 6.06. The minimum atomic E-state index is -0.401. The molecule has 0 saturated heterocycles. The Kier molecular flexibility index (Phi) is 7.15. The molecule has 0 amide bonds. The Morgan fingerprint density at radius 3 is 2.33 bits per heavy atom. The quantitative estimate of drug-likeness (QED) is 0.509. The van der Waals surface area contributed by atoms with E-state index in [1.54, 1.807) is 0 Å². The predicted molar refractivity (Wildman–Crippen MR) is 80.6 cm³/mol. The highest BCUT2D eigenvalue weighted by molar-refractivity contribution is 5.74. The summed E-state index contributed by atoms with van der Waals surface area (Å²) in [5.41, 5.74) is 0. The first-order valence-electron chi connectivity index (χ1n) is 7.98. The summed E-state index contributed by atoms with van der Waals surface area (Å²) in [6.07, 6.45) is 4.56. The van der Waals surface area contributed by atoms with Gasteiger partial charge in [-0.15, -0.1) is 0 Å². The van der Waals surface area contributed by atoms with Crippen molar-refractivity contribution in [1.82, 2.24) is 0 Å². The second-order valence-electron chi connectivity index (χ2n) is 6.94. The van der Waals surface area contributed by atoms with Gasteiger partial charge in [0.1, 0.15) is 6.54 Å². The number of carbonyl (C=O) groups is 2. The lowest BCUT2D eigenvalue weighted by molar-refractivity contribution is -0.873. The van der Waals surface area contributed by atoms with Gasteiger partial charge in [0.2, 0.25) is 0 Å². The monoisotopic (exact) mass is 300 g/mol. The van der Waals surface area contributed by atoms with Gasteiger partial charge in [0.15, 0.2) is 6.10 Å². The Hall–Kier alpha value is -1.10. The Bertz CT molecular complexity index is 343. The summed E-state index contributed by atoms with van der Waals surface area (Å²) in [6, 6.07) is 0. The summed E-state index contributed by atoms with van der Waals surface area (Å²) in [6.45, 7) is 2.99. The maximum absolute atomic E-state index is 12.2. The van der Waals surface area contributed by atoms with Crippen molar-refractivity contribution in [3.05, 3.63) is 0 Å². The van der Waals surface area contributed by atoms with Crippen LogP contribution in [-0.2, 0) is 19.1 Å². The lowest BCUT2D eigenvalue weighted by Gasteiger charge is -2.29. The zero-order valence-corrected chi connectivity index (χ0v) is 13.9. The lowest BCUT2D eigenvalue weighted by Crippen LogP contribution is -2.44. The van der Waals surface area contributed by atoms with E-state index >= 15 is 0 Å². The SMILES string of the molecule is CCCOC(=O)C[C@H](C[N+](C)(C)C)OC(=O)C1CCCC1. The van der Waals surface area contributed by atoms with Crippen LogP contribution in [0.2, 0.25) is 0 Å². The maximum Gasteiger partial charge on any atom is 0.309 e. The number of nitrogens with zero attached hydrogens (tertiary/aromatic N) is 1. The van der Waals surface area contributed by atoms with E-state index in [1.165, 1.54) is 0 Å².